The second kappa shape index (κ2) is 7.56. The molecule has 0 spiro atoms. The van der Waals surface area contributed by atoms with Crippen LogP contribution in [0, 0.1) is 0 Å². The highest BCUT2D eigenvalue weighted by molar-refractivity contribution is 5.83. The van der Waals surface area contributed by atoms with E-state index in [1.165, 1.54) is 6.33 Å². The monoisotopic (exact) mass is 440 g/mol. The number of piperidine rings is 1. The van der Waals surface area contributed by atoms with E-state index in [-0.39, 0.29) is 0 Å². The lowest BCUT2D eigenvalue weighted by molar-refractivity contribution is 0.0351. The Balaban J connectivity index is 1.29. The molecule has 6 rings (SSSR count). The van der Waals surface area contributed by atoms with Gasteiger partial charge in [-0.2, -0.15) is 10.2 Å². The van der Waals surface area contributed by atoms with Gasteiger partial charge >= 0.3 is 0 Å². The molecule has 0 radical (unpaired) electrons. The van der Waals surface area contributed by atoms with Crippen LogP contribution in [0.15, 0.2) is 61.2 Å². The van der Waals surface area contributed by atoms with Crippen LogP contribution in [0.3, 0.4) is 0 Å². The molecule has 0 saturated carbocycles. The summed E-state index contributed by atoms with van der Waals surface area (Å²) in [5.74, 6) is 0.636. The maximum atomic E-state index is 10.2. The van der Waals surface area contributed by atoms with Crippen molar-refractivity contribution in [3.05, 3.63) is 61.2 Å². The molecule has 5 aromatic rings. The van der Waals surface area contributed by atoms with Gasteiger partial charge in [0, 0.05) is 35.4 Å². The van der Waals surface area contributed by atoms with Crippen molar-refractivity contribution in [2.24, 2.45) is 0 Å². The summed E-state index contributed by atoms with van der Waals surface area (Å²) in [4.78, 5) is 11.5. The molecule has 1 aliphatic rings. The first-order valence-electron chi connectivity index (χ1n) is 11.0. The van der Waals surface area contributed by atoms with Crippen molar-refractivity contribution in [1.82, 2.24) is 29.8 Å². The summed E-state index contributed by atoms with van der Waals surface area (Å²) in [6.07, 6.45) is 6.76. The molecule has 3 N–H and O–H groups in total. The average molecular weight is 441 g/mol. The summed E-state index contributed by atoms with van der Waals surface area (Å²) in [5, 5.41) is 26.1. The summed E-state index contributed by atoms with van der Waals surface area (Å²) in [6.45, 7) is 3.62. The summed E-state index contributed by atoms with van der Waals surface area (Å²) in [6, 6.07) is 14.4. The maximum absolute atomic E-state index is 10.2. The van der Waals surface area contributed by atoms with E-state index >= 15 is 0 Å². The van der Waals surface area contributed by atoms with E-state index in [9.17, 15) is 5.11 Å². The van der Waals surface area contributed by atoms with E-state index in [0.29, 0.717) is 11.5 Å². The fraction of sp³-hybridized carbons (Fsp3) is 0.250. The van der Waals surface area contributed by atoms with Crippen molar-refractivity contribution in [2.75, 3.05) is 23.3 Å². The van der Waals surface area contributed by atoms with E-state index in [2.05, 4.69) is 42.6 Å². The van der Waals surface area contributed by atoms with Crippen molar-refractivity contribution in [2.45, 2.75) is 25.4 Å². The number of fused-ring (bicyclic) bond motifs is 2. The van der Waals surface area contributed by atoms with E-state index in [4.69, 9.17) is 4.98 Å². The van der Waals surface area contributed by atoms with E-state index < -0.39 is 5.60 Å². The zero-order valence-electron chi connectivity index (χ0n) is 18.2. The third-order valence-corrected chi connectivity index (χ3v) is 6.34. The Morgan fingerprint density at radius 1 is 1.09 bits per heavy atom. The van der Waals surface area contributed by atoms with Crippen LogP contribution in [-0.2, 0) is 0 Å². The van der Waals surface area contributed by atoms with Crippen LogP contribution in [0.25, 0.3) is 27.8 Å². The number of rotatable bonds is 4. The van der Waals surface area contributed by atoms with Crippen LogP contribution in [-0.4, -0.2) is 53.6 Å². The number of H-pyrrole nitrogens is 1. The first kappa shape index (κ1) is 19.7. The van der Waals surface area contributed by atoms with Gasteiger partial charge < -0.3 is 15.3 Å². The molecule has 4 heterocycles. The van der Waals surface area contributed by atoms with Gasteiger partial charge in [0.05, 0.1) is 29.2 Å². The van der Waals surface area contributed by atoms with Crippen LogP contribution >= 0.6 is 0 Å². The predicted octanol–water partition coefficient (Wildman–Crippen LogP) is 3.76. The molecule has 9 nitrogen and oxygen atoms in total. The molecule has 1 aliphatic heterocycles. The largest absolute Gasteiger partial charge is 0.390 e. The number of nitrogens with zero attached hydrogens (tertiary/aromatic N) is 6. The number of benzene rings is 2. The third-order valence-electron chi connectivity index (χ3n) is 6.34. The minimum Gasteiger partial charge on any atom is -0.390 e. The Bertz CT molecular complexity index is 1430. The number of aliphatic hydroxyl groups is 1. The molecule has 0 aliphatic carbocycles. The van der Waals surface area contributed by atoms with E-state index in [1.54, 1.807) is 10.7 Å². The van der Waals surface area contributed by atoms with Gasteiger partial charge in [0.2, 0.25) is 0 Å². The fourth-order valence-electron chi connectivity index (χ4n) is 4.29. The lowest BCUT2D eigenvalue weighted by Gasteiger charge is -2.37. The quantitative estimate of drug-likeness (QED) is 0.391. The highest BCUT2D eigenvalue weighted by Crippen LogP contribution is 2.29. The first-order valence-corrected chi connectivity index (χ1v) is 11.0. The number of aromatic nitrogens is 6. The van der Waals surface area contributed by atoms with Crippen LogP contribution in [0.2, 0.25) is 0 Å². The summed E-state index contributed by atoms with van der Waals surface area (Å²) < 4.78 is 1.73. The standard InChI is InChI=1S/C24H24N8O/c1-24(33)8-10-31(11-9-24)19-6-4-18(5-7-19)28-22-23-25-15-27-32(23)14-21(29-22)16-2-3-17-13-26-30-20(17)12-16/h2-7,12-15,33H,8-11H2,1H3,(H,26,30)(H,28,29). The zero-order valence-corrected chi connectivity index (χ0v) is 18.2. The minimum absolute atomic E-state index is 0.555. The number of hydrogen-bond acceptors (Lipinski definition) is 7. The molecule has 0 atom stereocenters. The molecule has 9 heteroatoms. The molecule has 0 amide bonds. The Morgan fingerprint density at radius 3 is 2.73 bits per heavy atom. The van der Waals surface area contributed by atoms with Crippen LogP contribution in [0.5, 0.6) is 0 Å². The molecule has 1 saturated heterocycles. The second-order valence-corrected chi connectivity index (χ2v) is 8.83. The first-order chi connectivity index (χ1) is 16.0. The lowest BCUT2D eigenvalue weighted by atomic mass is 9.93. The Morgan fingerprint density at radius 2 is 1.91 bits per heavy atom. The smallest absolute Gasteiger partial charge is 0.198 e. The van der Waals surface area contributed by atoms with Gasteiger partial charge in [-0.1, -0.05) is 12.1 Å². The van der Waals surface area contributed by atoms with Gasteiger partial charge in [0.1, 0.15) is 6.33 Å². The molecule has 0 unspecified atom stereocenters. The van der Waals surface area contributed by atoms with Gasteiger partial charge in [-0.05, 0) is 50.1 Å². The van der Waals surface area contributed by atoms with Gasteiger partial charge in [-0.25, -0.2) is 14.5 Å². The fourth-order valence-corrected chi connectivity index (χ4v) is 4.29. The predicted molar refractivity (Wildman–Crippen MR) is 128 cm³/mol. The lowest BCUT2D eigenvalue weighted by Crippen LogP contribution is -2.42. The zero-order chi connectivity index (χ0) is 22.4. The molecule has 33 heavy (non-hydrogen) atoms. The summed E-state index contributed by atoms with van der Waals surface area (Å²) in [7, 11) is 0. The Kier molecular flexibility index (Phi) is 4.51. The van der Waals surface area contributed by atoms with Crippen LogP contribution in [0.1, 0.15) is 19.8 Å². The van der Waals surface area contributed by atoms with Gasteiger partial charge in [-0.15, -0.1) is 0 Å². The average Bonchev–Trinajstić information content (AvgIpc) is 3.48. The number of anilines is 3. The summed E-state index contributed by atoms with van der Waals surface area (Å²) >= 11 is 0. The molecule has 166 valence electrons. The molecular weight excluding hydrogens is 416 g/mol. The summed E-state index contributed by atoms with van der Waals surface area (Å²) in [5.41, 5.74) is 4.87. The van der Waals surface area contributed by atoms with Gasteiger partial charge in [0.15, 0.2) is 11.5 Å². The second-order valence-electron chi connectivity index (χ2n) is 8.83. The Labute approximate surface area is 190 Å². The van der Waals surface area contributed by atoms with Crippen molar-refractivity contribution in [3.8, 4) is 11.3 Å². The topological polar surface area (TPSA) is 107 Å². The van der Waals surface area contributed by atoms with E-state index in [0.717, 1.165) is 59.5 Å². The molecule has 3 aromatic heterocycles. The molecular formula is C24H24N8O. The number of aromatic amines is 1. The van der Waals surface area contributed by atoms with Crippen LogP contribution < -0.4 is 10.2 Å². The van der Waals surface area contributed by atoms with Crippen molar-refractivity contribution >= 4 is 33.7 Å². The van der Waals surface area contributed by atoms with Crippen molar-refractivity contribution < 1.29 is 5.11 Å². The normalized spacial score (nSPS) is 15.9. The molecule has 1 fully saturated rings. The van der Waals surface area contributed by atoms with Gasteiger partial charge in [0.25, 0.3) is 0 Å². The number of hydrogen-bond donors (Lipinski definition) is 3. The SMILES string of the molecule is CC1(O)CCN(c2ccc(Nc3nc(-c4ccc5cn[nH]c5c4)cn4ncnc34)cc2)CC1. The minimum atomic E-state index is -0.555. The van der Waals surface area contributed by atoms with Crippen molar-refractivity contribution in [3.63, 3.8) is 0 Å². The maximum Gasteiger partial charge on any atom is 0.198 e. The molecule has 0 bridgehead atoms. The van der Waals surface area contributed by atoms with Crippen LogP contribution in [0.4, 0.5) is 17.2 Å². The van der Waals surface area contributed by atoms with Gasteiger partial charge in [-0.3, -0.25) is 5.10 Å². The number of nitrogens with one attached hydrogen (secondary N) is 2. The Hall–Kier alpha value is -3.98. The van der Waals surface area contributed by atoms with Crippen molar-refractivity contribution in [1.29, 1.82) is 0 Å². The highest BCUT2D eigenvalue weighted by Gasteiger charge is 2.27. The van der Waals surface area contributed by atoms with E-state index in [1.807, 2.05) is 43.5 Å². The highest BCUT2D eigenvalue weighted by atomic mass is 16.3. The molecule has 2 aromatic carbocycles. The third kappa shape index (κ3) is 3.76.